The number of nitrogen functional groups attached to an aromatic ring is 1. The van der Waals surface area contributed by atoms with Gasteiger partial charge in [0.15, 0.2) is 0 Å². The molecule has 29 heavy (non-hydrogen) atoms. The number of hydrazine groups is 1. The second-order valence-corrected chi connectivity index (χ2v) is 5.27. The summed E-state index contributed by atoms with van der Waals surface area (Å²) in [7, 11) is 0. The molecular formula is C12H6F13N3O. The van der Waals surface area contributed by atoms with Gasteiger partial charge < -0.3 is 0 Å². The van der Waals surface area contributed by atoms with E-state index >= 15 is 0 Å². The molecular weight excluding hydrogens is 449 g/mol. The molecule has 1 aromatic heterocycles. The Hall–Kier alpha value is -2.33. The van der Waals surface area contributed by atoms with Crippen molar-refractivity contribution >= 4 is 5.91 Å². The van der Waals surface area contributed by atoms with E-state index in [1.807, 2.05) is 0 Å². The average Bonchev–Trinajstić information content (AvgIpc) is 2.59. The molecule has 0 saturated heterocycles. The normalized spacial score (nSPS) is 14.7. The van der Waals surface area contributed by atoms with Crippen molar-refractivity contribution in [2.75, 3.05) is 0 Å². The zero-order valence-corrected chi connectivity index (χ0v) is 13.1. The molecule has 4 nitrogen and oxygen atoms in total. The molecule has 1 amide bonds. The number of rotatable bonds is 6. The van der Waals surface area contributed by atoms with Gasteiger partial charge in [0.05, 0.1) is 0 Å². The van der Waals surface area contributed by atoms with Crippen molar-refractivity contribution in [3.05, 3.63) is 29.6 Å². The molecule has 0 radical (unpaired) electrons. The summed E-state index contributed by atoms with van der Waals surface area (Å²) in [6.45, 7) is 0. The minimum atomic E-state index is -8.02. The summed E-state index contributed by atoms with van der Waals surface area (Å²) in [4.78, 5) is 13.6. The summed E-state index contributed by atoms with van der Waals surface area (Å²) >= 11 is 0. The largest absolute Gasteiger partial charge is 0.460 e. The second kappa shape index (κ2) is 6.88. The molecule has 0 aromatic carbocycles. The van der Waals surface area contributed by atoms with Crippen molar-refractivity contribution in [1.29, 1.82) is 0 Å². The summed E-state index contributed by atoms with van der Waals surface area (Å²) in [6.07, 6.45) is -7.37. The Morgan fingerprint density at radius 1 is 0.793 bits per heavy atom. The summed E-state index contributed by atoms with van der Waals surface area (Å²) in [5.74, 6) is -34.8. The van der Waals surface area contributed by atoms with Crippen LogP contribution in [0.2, 0.25) is 0 Å². The van der Waals surface area contributed by atoms with Gasteiger partial charge in [-0.1, -0.05) is 0 Å². The standard InChI is InChI=1S/C12H6F13N3O/c13-7(14,5-3-4(1-2-27-5)6(29)28-26)8(15,16)9(17,18)10(19,20)11(21,22)12(23,24)25/h1-3H,26H2,(H,28,29). The number of nitrogens with two attached hydrogens (primary N) is 1. The lowest BCUT2D eigenvalue weighted by Crippen LogP contribution is -2.69. The Morgan fingerprint density at radius 3 is 1.66 bits per heavy atom. The fourth-order valence-electron chi connectivity index (χ4n) is 1.76. The minimum Gasteiger partial charge on any atom is -0.290 e. The van der Waals surface area contributed by atoms with Gasteiger partial charge in [-0.05, 0) is 12.1 Å². The number of carbonyl (C=O) groups is 1. The van der Waals surface area contributed by atoms with Crippen LogP contribution in [-0.2, 0) is 5.92 Å². The number of amides is 1. The molecule has 0 bridgehead atoms. The first kappa shape index (κ1) is 24.7. The number of carbonyl (C=O) groups excluding carboxylic acids is 1. The predicted octanol–water partition coefficient (Wildman–Crippen LogP) is 3.88. The Morgan fingerprint density at radius 2 is 1.24 bits per heavy atom. The molecule has 0 atom stereocenters. The van der Waals surface area contributed by atoms with E-state index in [0.717, 1.165) is 0 Å². The Kier molecular flexibility index (Phi) is 5.86. The second-order valence-electron chi connectivity index (χ2n) is 5.27. The predicted molar refractivity (Wildman–Crippen MR) is 65.6 cm³/mol. The lowest BCUT2D eigenvalue weighted by atomic mass is 9.92. The Labute approximate surface area is 150 Å². The third kappa shape index (κ3) is 3.44. The maximum absolute atomic E-state index is 13.9. The number of nitrogens with one attached hydrogen (secondary N) is 1. The summed E-state index contributed by atoms with van der Waals surface area (Å²) in [5.41, 5.74) is -2.26. The third-order valence-electron chi connectivity index (χ3n) is 3.41. The van der Waals surface area contributed by atoms with Gasteiger partial charge in [0.25, 0.3) is 5.91 Å². The fourth-order valence-corrected chi connectivity index (χ4v) is 1.76. The van der Waals surface area contributed by atoms with Gasteiger partial charge in [-0.25, -0.2) is 5.84 Å². The highest BCUT2D eigenvalue weighted by Crippen LogP contribution is 2.61. The topological polar surface area (TPSA) is 68.0 Å². The Bertz CT molecular complexity index is 775. The lowest BCUT2D eigenvalue weighted by molar-refractivity contribution is -0.442. The molecule has 0 unspecified atom stereocenters. The minimum absolute atomic E-state index is 0.129. The highest BCUT2D eigenvalue weighted by Gasteiger charge is 2.91. The molecule has 1 aromatic rings. The molecule has 0 aliphatic carbocycles. The number of hydrogen-bond acceptors (Lipinski definition) is 3. The number of nitrogens with zero attached hydrogens (tertiary/aromatic N) is 1. The quantitative estimate of drug-likeness (QED) is 0.296. The van der Waals surface area contributed by atoms with Crippen molar-refractivity contribution in [3.63, 3.8) is 0 Å². The average molecular weight is 455 g/mol. The number of hydrogen-bond donors (Lipinski definition) is 2. The monoisotopic (exact) mass is 455 g/mol. The maximum Gasteiger partial charge on any atom is 0.460 e. The molecule has 1 heterocycles. The summed E-state index contributed by atoms with van der Waals surface area (Å²) in [5, 5.41) is 0. The van der Waals surface area contributed by atoms with E-state index in [1.54, 1.807) is 0 Å². The van der Waals surface area contributed by atoms with Crippen LogP contribution in [-0.4, -0.2) is 40.8 Å². The van der Waals surface area contributed by atoms with Crippen molar-refractivity contribution in [3.8, 4) is 0 Å². The van der Waals surface area contributed by atoms with Crippen LogP contribution in [0, 0.1) is 0 Å². The lowest BCUT2D eigenvalue weighted by Gasteiger charge is -2.39. The molecule has 0 saturated carbocycles. The van der Waals surface area contributed by atoms with Gasteiger partial charge in [-0.15, -0.1) is 0 Å². The van der Waals surface area contributed by atoms with E-state index in [1.165, 1.54) is 5.43 Å². The fraction of sp³-hybridized carbons (Fsp3) is 0.500. The highest BCUT2D eigenvalue weighted by atomic mass is 19.4. The molecule has 0 aliphatic rings. The number of pyridine rings is 1. The van der Waals surface area contributed by atoms with E-state index < -0.39 is 53.0 Å². The van der Waals surface area contributed by atoms with E-state index in [2.05, 4.69) is 10.8 Å². The van der Waals surface area contributed by atoms with Crippen LogP contribution in [0.15, 0.2) is 18.3 Å². The zero-order valence-electron chi connectivity index (χ0n) is 13.1. The van der Waals surface area contributed by atoms with E-state index in [9.17, 15) is 61.9 Å². The first-order valence-electron chi connectivity index (χ1n) is 6.63. The van der Waals surface area contributed by atoms with E-state index in [4.69, 9.17) is 0 Å². The van der Waals surface area contributed by atoms with Gasteiger partial charge >= 0.3 is 35.8 Å². The number of halogens is 13. The SMILES string of the molecule is NNC(=O)c1ccnc(C(F)(F)C(F)(F)C(F)(F)C(F)(F)C(F)(F)C(F)(F)F)c1. The molecule has 3 N–H and O–H groups in total. The van der Waals surface area contributed by atoms with Gasteiger partial charge in [0.1, 0.15) is 5.69 Å². The first-order chi connectivity index (χ1) is 12.7. The van der Waals surface area contributed by atoms with Gasteiger partial charge in [0, 0.05) is 11.8 Å². The highest BCUT2D eigenvalue weighted by molar-refractivity contribution is 5.93. The maximum atomic E-state index is 13.9. The Balaban J connectivity index is 3.61. The van der Waals surface area contributed by atoms with Gasteiger partial charge in [-0.3, -0.25) is 15.2 Å². The third-order valence-corrected chi connectivity index (χ3v) is 3.41. The van der Waals surface area contributed by atoms with E-state index in [-0.39, 0.29) is 12.3 Å². The zero-order chi connectivity index (χ0) is 23.3. The van der Waals surface area contributed by atoms with Crippen LogP contribution in [0.3, 0.4) is 0 Å². The first-order valence-corrected chi connectivity index (χ1v) is 6.63. The van der Waals surface area contributed by atoms with Gasteiger partial charge in [-0.2, -0.15) is 57.1 Å². The van der Waals surface area contributed by atoms with Crippen molar-refractivity contribution in [1.82, 2.24) is 10.4 Å². The van der Waals surface area contributed by atoms with Crippen molar-refractivity contribution < 1.29 is 61.9 Å². The summed E-state index contributed by atoms with van der Waals surface area (Å²) < 4.78 is 170. The molecule has 0 spiro atoms. The van der Waals surface area contributed by atoms with E-state index in [0.29, 0.717) is 6.07 Å². The molecule has 1 rings (SSSR count). The van der Waals surface area contributed by atoms with Crippen LogP contribution < -0.4 is 11.3 Å². The van der Waals surface area contributed by atoms with Crippen LogP contribution in [0.1, 0.15) is 16.1 Å². The summed E-state index contributed by atoms with van der Waals surface area (Å²) in [6, 6.07) is 0.177. The van der Waals surface area contributed by atoms with Crippen LogP contribution >= 0.6 is 0 Å². The van der Waals surface area contributed by atoms with Crippen LogP contribution in [0.5, 0.6) is 0 Å². The number of alkyl halides is 13. The molecule has 166 valence electrons. The van der Waals surface area contributed by atoms with Crippen molar-refractivity contribution in [2.45, 2.75) is 35.8 Å². The number of aromatic nitrogens is 1. The molecule has 0 aliphatic heterocycles. The van der Waals surface area contributed by atoms with Crippen LogP contribution in [0.4, 0.5) is 57.1 Å². The van der Waals surface area contributed by atoms with Crippen LogP contribution in [0.25, 0.3) is 0 Å². The van der Waals surface area contributed by atoms with Gasteiger partial charge in [0.2, 0.25) is 0 Å². The molecule has 0 fully saturated rings. The molecule has 17 heteroatoms. The van der Waals surface area contributed by atoms with Crippen molar-refractivity contribution in [2.24, 2.45) is 5.84 Å². The smallest absolute Gasteiger partial charge is 0.290 e.